The van der Waals surface area contributed by atoms with Crippen LogP contribution in [-0.2, 0) is 21.3 Å². The lowest BCUT2D eigenvalue weighted by Crippen LogP contribution is -2.32. The van der Waals surface area contributed by atoms with E-state index in [1.807, 2.05) is 4.90 Å². The Labute approximate surface area is 99.5 Å². The van der Waals surface area contributed by atoms with E-state index in [0.717, 1.165) is 0 Å². The summed E-state index contributed by atoms with van der Waals surface area (Å²) in [5, 5.41) is 11.2. The second-order valence-corrected chi connectivity index (χ2v) is 3.41. The Kier molecular flexibility index (Phi) is 5.34. The molecule has 0 aliphatic rings. The molecule has 0 bridgehead atoms. The zero-order valence-corrected chi connectivity index (χ0v) is 10.3. The first kappa shape index (κ1) is 13.4. The van der Waals surface area contributed by atoms with Gasteiger partial charge in [0.1, 0.15) is 0 Å². The second-order valence-electron chi connectivity index (χ2n) is 3.41. The molecule has 0 saturated carbocycles. The highest BCUT2D eigenvalue weighted by Crippen LogP contribution is 2.07. The van der Waals surface area contributed by atoms with Crippen LogP contribution in [0.4, 0.5) is 5.95 Å². The largest absolute Gasteiger partial charge is 0.469 e. The van der Waals surface area contributed by atoms with E-state index in [9.17, 15) is 4.79 Å². The van der Waals surface area contributed by atoms with Crippen molar-refractivity contribution >= 4 is 11.9 Å². The Morgan fingerprint density at radius 1 is 1.41 bits per heavy atom. The molecular formula is C9H17N5O3. The fraction of sp³-hybridized carbons (Fsp3) is 0.778. The molecule has 0 atom stereocenters. The number of aryl methyl sites for hydroxylation is 1. The van der Waals surface area contributed by atoms with Gasteiger partial charge in [0.2, 0.25) is 5.95 Å². The molecular weight excluding hydrogens is 226 g/mol. The number of nitrogens with zero attached hydrogens (tertiary/aromatic N) is 5. The van der Waals surface area contributed by atoms with Crippen molar-refractivity contribution in [3.8, 4) is 0 Å². The first-order chi connectivity index (χ1) is 8.19. The summed E-state index contributed by atoms with van der Waals surface area (Å²) >= 11 is 0. The van der Waals surface area contributed by atoms with Crippen molar-refractivity contribution in [2.75, 3.05) is 38.8 Å². The van der Waals surface area contributed by atoms with E-state index in [4.69, 9.17) is 4.74 Å². The van der Waals surface area contributed by atoms with Crippen molar-refractivity contribution in [2.24, 2.45) is 7.05 Å². The monoisotopic (exact) mass is 243 g/mol. The molecule has 0 fully saturated rings. The fourth-order valence-corrected chi connectivity index (χ4v) is 1.33. The number of tetrazole rings is 1. The third-order valence-electron chi connectivity index (χ3n) is 2.26. The first-order valence-corrected chi connectivity index (χ1v) is 5.22. The predicted octanol–water partition coefficient (Wildman–Crippen LogP) is -0.774. The Morgan fingerprint density at radius 2 is 2.18 bits per heavy atom. The Hall–Kier alpha value is -1.70. The minimum Gasteiger partial charge on any atom is -0.469 e. The van der Waals surface area contributed by atoms with E-state index < -0.39 is 0 Å². The topological polar surface area (TPSA) is 82.4 Å². The van der Waals surface area contributed by atoms with Gasteiger partial charge in [-0.1, -0.05) is 5.10 Å². The number of hydrogen-bond donors (Lipinski definition) is 0. The lowest BCUT2D eigenvalue weighted by molar-refractivity contribution is -0.140. The summed E-state index contributed by atoms with van der Waals surface area (Å²) in [5.41, 5.74) is 0. The summed E-state index contributed by atoms with van der Waals surface area (Å²) in [6.45, 7) is 1.64. The van der Waals surface area contributed by atoms with Gasteiger partial charge in [0.25, 0.3) is 0 Å². The highest BCUT2D eigenvalue weighted by atomic mass is 16.5. The van der Waals surface area contributed by atoms with Gasteiger partial charge in [-0.2, -0.15) is 0 Å². The molecule has 0 N–H and O–H groups in total. The van der Waals surface area contributed by atoms with Crippen molar-refractivity contribution in [2.45, 2.75) is 6.42 Å². The van der Waals surface area contributed by atoms with Crippen LogP contribution in [0.5, 0.6) is 0 Å². The molecule has 0 unspecified atom stereocenters. The highest BCUT2D eigenvalue weighted by Gasteiger charge is 2.14. The van der Waals surface area contributed by atoms with Crippen molar-refractivity contribution in [3.05, 3.63) is 0 Å². The number of aromatic nitrogens is 4. The first-order valence-electron chi connectivity index (χ1n) is 5.22. The van der Waals surface area contributed by atoms with Gasteiger partial charge < -0.3 is 14.4 Å². The molecule has 1 aromatic rings. The summed E-state index contributed by atoms with van der Waals surface area (Å²) < 4.78 is 11.2. The smallest absolute Gasteiger partial charge is 0.307 e. The number of methoxy groups -OCH3 is 2. The van der Waals surface area contributed by atoms with E-state index in [0.29, 0.717) is 25.6 Å². The van der Waals surface area contributed by atoms with Crippen LogP contribution >= 0.6 is 0 Å². The zero-order valence-electron chi connectivity index (χ0n) is 10.3. The van der Waals surface area contributed by atoms with Gasteiger partial charge in [-0.25, -0.2) is 4.68 Å². The van der Waals surface area contributed by atoms with Crippen molar-refractivity contribution in [1.29, 1.82) is 0 Å². The van der Waals surface area contributed by atoms with E-state index >= 15 is 0 Å². The minimum atomic E-state index is -0.262. The Bertz CT molecular complexity index is 354. The molecule has 1 heterocycles. The average molecular weight is 243 g/mol. The van der Waals surface area contributed by atoms with Gasteiger partial charge in [0, 0.05) is 27.2 Å². The summed E-state index contributed by atoms with van der Waals surface area (Å²) in [6, 6.07) is 0. The molecule has 8 heteroatoms. The number of carbonyl (C=O) groups is 1. The molecule has 1 aromatic heterocycles. The van der Waals surface area contributed by atoms with E-state index in [2.05, 4.69) is 20.3 Å². The van der Waals surface area contributed by atoms with Crippen molar-refractivity contribution < 1.29 is 14.3 Å². The predicted molar refractivity (Wildman–Crippen MR) is 59.5 cm³/mol. The lowest BCUT2D eigenvalue weighted by Gasteiger charge is -2.21. The molecule has 8 nitrogen and oxygen atoms in total. The van der Waals surface area contributed by atoms with Crippen LogP contribution in [0.15, 0.2) is 0 Å². The van der Waals surface area contributed by atoms with E-state index in [-0.39, 0.29) is 12.4 Å². The summed E-state index contributed by atoms with van der Waals surface area (Å²) in [6.07, 6.45) is 0.285. The Morgan fingerprint density at radius 3 is 2.71 bits per heavy atom. The number of esters is 1. The maximum absolute atomic E-state index is 11.1. The number of carbonyl (C=O) groups excluding carboxylic acids is 1. The third-order valence-corrected chi connectivity index (χ3v) is 2.26. The van der Waals surface area contributed by atoms with Crippen LogP contribution < -0.4 is 4.90 Å². The fourth-order valence-electron chi connectivity index (χ4n) is 1.33. The molecule has 0 aromatic carbocycles. The summed E-state index contributed by atoms with van der Waals surface area (Å²) in [5.74, 6) is 0.341. The van der Waals surface area contributed by atoms with Gasteiger partial charge in [0.05, 0.1) is 20.1 Å². The number of ether oxygens (including phenoxy) is 2. The van der Waals surface area contributed by atoms with Crippen LogP contribution in [0.25, 0.3) is 0 Å². The molecule has 0 saturated heterocycles. The van der Waals surface area contributed by atoms with Crippen molar-refractivity contribution in [1.82, 2.24) is 20.2 Å². The SMILES string of the molecule is COCCN(CCC(=O)OC)c1nnnn1C. The van der Waals surface area contributed by atoms with Crippen LogP contribution in [0.1, 0.15) is 6.42 Å². The molecule has 0 aliphatic carbocycles. The molecule has 0 aliphatic heterocycles. The number of hydrogen-bond acceptors (Lipinski definition) is 7. The maximum Gasteiger partial charge on any atom is 0.307 e. The van der Waals surface area contributed by atoms with E-state index in [1.165, 1.54) is 7.11 Å². The quantitative estimate of drug-likeness (QED) is 0.581. The molecule has 1 rings (SSSR count). The van der Waals surface area contributed by atoms with Gasteiger partial charge in [-0.3, -0.25) is 4.79 Å². The van der Waals surface area contributed by atoms with Crippen LogP contribution in [-0.4, -0.2) is 60.1 Å². The summed E-state index contributed by atoms with van der Waals surface area (Å²) in [4.78, 5) is 13.0. The molecule has 96 valence electrons. The molecule has 0 spiro atoms. The van der Waals surface area contributed by atoms with Crippen LogP contribution in [0.3, 0.4) is 0 Å². The van der Waals surface area contributed by atoms with Crippen LogP contribution in [0, 0.1) is 0 Å². The van der Waals surface area contributed by atoms with Crippen LogP contribution in [0.2, 0.25) is 0 Å². The lowest BCUT2D eigenvalue weighted by atomic mass is 10.4. The third kappa shape index (κ3) is 3.99. The standard InChI is InChI=1S/C9H17N5O3/c1-13-9(10-11-12-13)14(6-7-16-2)5-4-8(15)17-3/h4-7H2,1-3H3. The number of anilines is 1. The second kappa shape index (κ2) is 6.79. The average Bonchev–Trinajstić information content (AvgIpc) is 2.75. The van der Waals surface area contributed by atoms with Gasteiger partial charge in [0.15, 0.2) is 0 Å². The molecule has 0 amide bonds. The van der Waals surface area contributed by atoms with Gasteiger partial charge in [-0.05, 0) is 10.4 Å². The van der Waals surface area contributed by atoms with Gasteiger partial charge in [-0.15, -0.1) is 0 Å². The molecule has 0 radical (unpaired) electrons. The zero-order chi connectivity index (χ0) is 12.7. The maximum atomic E-state index is 11.1. The molecule has 17 heavy (non-hydrogen) atoms. The number of rotatable bonds is 7. The normalized spacial score (nSPS) is 10.3. The highest BCUT2D eigenvalue weighted by molar-refractivity contribution is 5.69. The van der Waals surface area contributed by atoms with E-state index in [1.54, 1.807) is 18.8 Å². The van der Waals surface area contributed by atoms with Crippen molar-refractivity contribution in [3.63, 3.8) is 0 Å². The van der Waals surface area contributed by atoms with Gasteiger partial charge >= 0.3 is 5.97 Å². The summed E-state index contributed by atoms with van der Waals surface area (Å²) in [7, 11) is 4.73. The minimum absolute atomic E-state index is 0.262. The Balaban J connectivity index is 2.61.